The summed E-state index contributed by atoms with van der Waals surface area (Å²) in [5.41, 5.74) is 0.714. The first-order valence-electron chi connectivity index (χ1n) is 7.67. The van der Waals surface area contributed by atoms with E-state index in [-0.39, 0.29) is 17.3 Å². The molecule has 1 saturated carbocycles. The number of esters is 1. The van der Waals surface area contributed by atoms with Gasteiger partial charge in [0.1, 0.15) is 0 Å². The summed E-state index contributed by atoms with van der Waals surface area (Å²) >= 11 is 1.21. The third kappa shape index (κ3) is 4.68. The summed E-state index contributed by atoms with van der Waals surface area (Å²) in [4.78, 5) is 29.2. The molecule has 118 valence electrons. The van der Waals surface area contributed by atoms with Gasteiger partial charge in [-0.05, 0) is 26.8 Å². The molecule has 1 fully saturated rings. The lowest BCUT2D eigenvalue weighted by atomic mass is 9.94. The molecule has 2 rings (SSSR count). The molecule has 0 saturated heterocycles. The third-order valence-corrected chi connectivity index (χ3v) is 4.93. The van der Waals surface area contributed by atoms with Crippen LogP contribution in [-0.2, 0) is 22.5 Å². The molecule has 0 bridgehead atoms. The molecular formula is C15H24N2O3S. The van der Waals surface area contributed by atoms with Crippen molar-refractivity contribution in [1.29, 1.82) is 0 Å². The lowest BCUT2D eigenvalue weighted by molar-refractivity contribution is -0.142. The van der Waals surface area contributed by atoms with E-state index in [1.165, 1.54) is 43.4 Å². The van der Waals surface area contributed by atoms with Crippen molar-refractivity contribution in [2.24, 2.45) is 0 Å². The maximum Gasteiger partial charge on any atom is 0.311 e. The van der Waals surface area contributed by atoms with Crippen molar-refractivity contribution < 1.29 is 9.53 Å². The average Bonchev–Trinajstić information content (AvgIpc) is 2.79. The second kappa shape index (κ2) is 7.75. The number of nitrogens with zero attached hydrogens (tertiary/aromatic N) is 1. The van der Waals surface area contributed by atoms with Crippen LogP contribution in [0.4, 0.5) is 0 Å². The van der Waals surface area contributed by atoms with Crippen LogP contribution < -0.4 is 4.87 Å². The fraction of sp³-hybridized carbons (Fsp3) is 0.733. The molecule has 1 heterocycles. The van der Waals surface area contributed by atoms with E-state index in [0.717, 1.165) is 11.4 Å². The van der Waals surface area contributed by atoms with Crippen molar-refractivity contribution in [2.45, 2.75) is 58.0 Å². The van der Waals surface area contributed by atoms with Crippen LogP contribution in [0.15, 0.2) is 4.79 Å². The fourth-order valence-electron chi connectivity index (χ4n) is 2.90. The van der Waals surface area contributed by atoms with Crippen LogP contribution in [0.3, 0.4) is 0 Å². The van der Waals surface area contributed by atoms with Crippen molar-refractivity contribution in [3.05, 3.63) is 20.2 Å². The Bertz CT molecular complexity index is 517. The summed E-state index contributed by atoms with van der Waals surface area (Å²) in [7, 11) is 2.11. The van der Waals surface area contributed by atoms with Crippen molar-refractivity contribution >= 4 is 17.3 Å². The topological polar surface area (TPSA) is 62.4 Å². The van der Waals surface area contributed by atoms with Crippen molar-refractivity contribution in [3.8, 4) is 0 Å². The molecule has 0 amide bonds. The monoisotopic (exact) mass is 312 g/mol. The third-order valence-electron chi connectivity index (χ3n) is 4.02. The number of carbonyl (C=O) groups excluding carboxylic acids is 1. The Labute approximate surface area is 129 Å². The van der Waals surface area contributed by atoms with E-state index < -0.39 is 0 Å². The number of hydrogen-bond donors (Lipinski definition) is 1. The highest BCUT2D eigenvalue weighted by molar-refractivity contribution is 7.09. The van der Waals surface area contributed by atoms with Gasteiger partial charge in [0.05, 0.1) is 13.0 Å². The van der Waals surface area contributed by atoms with Gasteiger partial charge in [-0.3, -0.25) is 14.5 Å². The van der Waals surface area contributed by atoms with Gasteiger partial charge < -0.3 is 9.72 Å². The van der Waals surface area contributed by atoms with Gasteiger partial charge in [-0.25, -0.2) is 0 Å². The number of H-pyrrole nitrogens is 1. The Balaban J connectivity index is 2.01. The minimum absolute atomic E-state index is 0.0960. The van der Waals surface area contributed by atoms with Crippen LogP contribution in [-0.4, -0.2) is 35.5 Å². The van der Waals surface area contributed by atoms with E-state index in [4.69, 9.17) is 4.74 Å². The normalized spacial score (nSPS) is 16.3. The lowest BCUT2D eigenvalue weighted by Crippen LogP contribution is -2.33. The first-order chi connectivity index (χ1) is 10.1. The smallest absolute Gasteiger partial charge is 0.311 e. The number of thiazole rings is 1. The molecule has 5 nitrogen and oxygen atoms in total. The molecule has 1 aliphatic rings. The van der Waals surface area contributed by atoms with Crippen LogP contribution in [0.2, 0.25) is 0 Å². The van der Waals surface area contributed by atoms with E-state index in [1.807, 2.05) is 0 Å². The number of rotatable bonds is 6. The Hall–Kier alpha value is -1.14. The first kappa shape index (κ1) is 16.2. The SMILES string of the molecule is CCOC(=O)Cc1[nH]c(=O)sc1CN(C)C1CCCCC1. The summed E-state index contributed by atoms with van der Waals surface area (Å²) in [6.07, 6.45) is 6.50. The minimum Gasteiger partial charge on any atom is -0.466 e. The molecule has 0 aliphatic heterocycles. The highest BCUT2D eigenvalue weighted by Gasteiger charge is 2.21. The van der Waals surface area contributed by atoms with Crippen molar-refractivity contribution in [1.82, 2.24) is 9.88 Å². The van der Waals surface area contributed by atoms with Gasteiger partial charge >= 0.3 is 10.8 Å². The van der Waals surface area contributed by atoms with Gasteiger partial charge in [-0.2, -0.15) is 0 Å². The predicted octanol–water partition coefficient (Wildman–Crippen LogP) is 2.31. The summed E-state index contributed by atoms with van der Waals surface area (Å²) in [6, 6.07) is 0.589. The molecular weight excluding hydrogens is 288 g/mol. The molecule has 1 N–H and O–H groups in total. The summed E-state index contributed by atoms with van der Waals surface area (Å²) < 4.78 is 4.96. The highest BCUT2D eigenvalue weighted by atomic mass is 32.1. The van der Waals surface area contributed by atoms with E-state index in [2.05, 4.69) is 16.9 Å². The Morgan fingerprint density at radius 1 is 1.38 bits per heavy atom. The van der Waals surface area contributed by atoms with Gasteiger partial charge in [0.25, 0.3) is 0 Å². The maximum absolute atomic E-state index is 11.6. The van der Waals surface area contributed by atoms with E-state index in [0.29, 0.717) is 18.3 Å². The summed E-state index contributed by atoms with van der Waals surface area (Å²) in [5, 5.41) is 0. The van der Waals surface area contributed by atoms with Gasteiger partial charge in [0.15, 0.2) is 0 Å². The molecule has 0 unspecified atom stereocenters. The van der Waals surface area contributed by atoms with E-state index in [9.17, 15) is 9.59 Å². The number of nitrogens with one attached hydrogen (secondary N) is 1. The summed E-state index contributed by atoms with van der Waals surface area (Å²) in [6.45, 7) is 2.87. The molecule has 1 aromatic heterocycles. The second-order valence-corrected chi connectivity index (χ2v) is 6.67. The lowest BCUT2D eigenvalue weighted by Gasteiger charge is -2.30. The fourth-order valence-corrected chi connectivity index (χ4v) is 3.81. The quantitative estimate of drug-likeness (QED) is 0.819. The van der Waals surface area contributed by atoms with Crippen LogP contribution in [0.1, 0.15) is 49.6 Å². The number of carbonyl (C=O) groups is 1. The molecule has 21 heavy (non-hydrogen) atoms. The highest BCUT2D eigenvalue weighted by Crippen LogP contribution is 2.24. The first-order valence-corrected chi connectivity index (χ1v) is 8.48. The summed E-state index contributed by atoms with van der Waals surface area (Å²) in [5.74, 6) is -0.284. The molecule has 6 heteroatoms. The maximum atomic E-state index is 11.6. The van der Waals surface area contributed by atoms with E-state index in [1.54, 1.807) is 6.92 Å². The minimum atomic E-state index is -0.284. The van der Waals surface area contributed by atoms with Crippen LogP contribution in [0, 0.1) is 0 Å². The molecule has 0 atom stereocenters. The average molecular weight is 312 g/mol. The zero-order chi connectivity index (χ0) is 15.2. The number of ether oxygens (including phenoxy) is 1. The van der Waals surface area contributed by atoms with E-state index >= 15 is 0 Å². The molecule has 1 aromatic rings. The standard InChI is InChI=1S/C15H24N2O3S/c1-3-20-14(18)9-12-13(21-15(19)16-12)10-17(2)11-7-5-4-6-8-11/h11H,3-10H2,1-2H3,(H,16,19). The number of aromatic amines is 1. The van der Waals surface area contributed by atoms with Gasteiger partial charge in [0.2, 0.25) is 0 Å². The Kier molecular flexibility index (Phi) is 5.99. The van der Waals surface area contributed by atoms with Crippen molar-refractivity contribution in [3.63, 3.8) is 0 Å². The molecule has 0 radical (unpaired) electrons. The van der Waals surface area contributed by atoms with Crippen LogP contribution in [0.25, 0.3) is 0 Å². The Morgan fingerprint density at radius 3 is 2.76 bits per heavy atom. The second-order valence-electron chi connectivity index (χ2n) is 5.60. The molecule has 0 spiro atoms. The van der Waals surface area contributed by atoms with Gasteiger partial charge in [-0.1, -0.05) is 30.6 Å². The van der Waals surface area contributed by atoms with Crippen LogP contribution in [0.5, 0.6) is 0 Å². The molecule has 0 aromatic carbocycles. The number of aromatic nitrogens is 1. The largest absolute Gasteiger partial charge is 0.466 e. The van der Waals surface area contributed by atoms with Gasteiger partial charge in [0, 0.05) is 23.2 Å². The number of hydrogen-bond acceptors (Lipinski definition) is 5. The van der Waals surface area contributed by atoms with Crippen LogP contribution >= 0.6 is 11.3 Å². The Morgan fingerprint density at radius 2 is 2.10 bits per heavy atom. The van der Waals surface area contributed by atoms with Crippen molar-refractivity contribution in [2.75, 3.05) is 13.7 Å². The zero-order valence-electron chi connectivity index (χ0n) is 12.8. The predicted molar refractivity (Wildman–Crippen MR) is 83.6 cm³/mol. The molecule has 1 aliphatic carbocycles. The zero-order valence-corrected chi connectivity index (χ0v) is 13.6. The van der Waals surface area contributed by atoms with Gasteiger partial charge in [-0.15, -0.1) is 0 Å².